The van der Waals surface area contributed by atoms with Crippen LogP contribution < -0.4 is 19.5 Å². The molecular weight excluding hydrogens is 258 g/mol. The first-order chi connectivity index (χ1) is 8.65. The van der Waals surface area contributed by atoms with Crippen molar-refractivity contribution < 1.29 is 19.3 Å². The molecule has 0 aliphatic heterocycles. The summed E-state index contributed by atoms with van der Waals surface area (Å²) in [5, 5.41) is 12.5. The number of anilines is 1. The number of aliphatic hydroxyl groups excluding tert-OH is 1. The predicted octanol–water partition coefficient (Wildman–Crippen LogP) is 1.72. The van der Waals surface area contributed by atoms with Crippen LogP contribution in [-0.4, -0.2) is 45.0 Å². The molecule has 0 saturated carbocycles. The largest absolute Gasteiger partial charge is 0.494 e. The molecule has 0 radical (unpaired) electrons. The van der Waals surface area contributed by atoms with E-state index in [1.165, 1.54) is 0 Å². The molecule has 0 spiro atoms. The normalized spacial score (nSPS) is 11.8. The molecule has 0 aromatic heterocycles. The van der Waals surface area contributed by atoms with Crippen LogP contribution in [0, 0.1) is 0 Å². The fourth-order valence-corrected chi connectivity index (χ4v) is 1.56. The highest BCUT2D eigenvalue weighted by atomic mass is 35.5. The Morgan fingerprint density at radius 1 is 1.11 bits per heavy atom. The molecule has 2 N–H and O–H groups in total. The molecule has 102 valence electrons. The summed E-state index contributed by atoms with van der Waals surface area (Å²) in [6.07, 6.45) is -0.621. The van der Waals surface area contributed by atoms with E-state index >= 15 is 0 Å². The third kappa shape index (κ3) is 3.58. The van der Waals surface area contributed by atoms with E-state index in [1.54, 1.807) is 33.5 Å². The number of nitrogens with one attached hydrogen (secondary N) is 1. The van der Waals surface area contributed by atoms with Crippen molar-refractivity contribution in [3.8, 4) is 17.2 Å². The van der Waals surface area contributed by atoms with Crippen LogP contribution in [0.2, 0.25) is 0 Å². The predicted molar refractivity (Wildman–Crippen MR) is 71.3 cm³/mol. The third-order valence-corrected chi connectivity index (χ3v) is 2.77. The zero-order valence-electron chi connectivity index (χ0n) is 10.7. The molecule has 0 aliphatic rings. The minimum atomic E-state index is -0.621. The zero-order chi connectivity index (χ0) is 13.5. The van der Waals surface area contributed by atoms with E-state index < -0.39 is 6.10 Å². The van der Waals surface area contributed by atoms with Crippen LogP contribution in [0.25, 0.3) is 0 Å². The van der Waals surface area contributed by atoms with Crippen LogP contribution in [0.3, 0.4) is 0 Å². The number of rotatable bonds is 7. The van der Waals surface area contributed by atoms with Crippen molar-refractivity contribution in [3.63, 3.8) is 0 Å². The average Bonchev–Trinajstić information content (AvgIpc) is 2.43. The van der Waals surface area contributed by atoms with Crippen LogP contribution in [-0.2, 0) is 0 Å². The molecular formula is C12H18ClNO4. The minimum absolute atomic E-state index is 0.169. The zero-order valence-corrected chi connectivity index (χ0v) is 11.5. The Morgan fingerprint density at radius 3 is 2.17 bits per heavy atom. The van der Waals surface area contributed by atoms with Gasteiger partial charge in [0.05, 0.1) is 39.0 Å². The first kappa shape index (κ1) is 14.7. The molecule has 0 amide bonds. The monoisotopic (exact) mass is 275 g/mol. The molecule has 1 rings (SSSR count). The van der Waals surface area contributed by atoms with Gasteiger partial charge in [-0.2, -0.15) is 0 Å². The maximum Gasteiger partial charge on any atom is 0.164 e. The van der Waals surface area contributed by atoms with Gasteiger partial charge in [0.25, 0.3) is 0 Å². The number of ether oxygens (including phenoxy) is 3. The second kappa shape index (κ2) is 7.18. The highest BCUT2D eigenvalue weighted by Crippen LogP contribution is 2.37. The number of hydrogen-bond donors (Lipinski definition) is 2. The Bertz CT molecular complexity index is 387. The summed E-state index contributed by atoms with van der Waals surface area (Å²) < 4.78 is 15.6. The molecule has 0 fully saturated rings. The SMILES string of the molecule is COc1cc(OC)c(OC)cc1NCC(O)CCl. The van der Waals surface area contributed by atoms with Gasteiger partial charge >= 0.3 is 0 Å². The summed E-state index contributed by atoms with van der Waals surface area (Å²) in [6.45, 7) is 0.329. The van der Waals surface area contributed by atoms with E-state index in [0.717, 1.165) is 0 Å². The van der Waals surface area contributed by atoms with Crippen molar-refractivity contribution in [3.05, 3.63) is 12.1 Å². The first-order valence-electron chi connectivity index (χ1n) is 5.44. The molecule has 1 aromatic rings. The fourth-order valence-electron chi connectivity index (χ4n) is 1.45. The van der Waals surface area contributed by atoms with Crippen molar-refractivity contribution >= 4 is 17.3 Å². The maximum atomic E-state index is 9.42. The van der Waals surface area contributed by atoms with Crippen LogP contribution in [0.15, 0.2) is 12.1 Å². The molecule has 6 heteroatoms. The van der Waals surface area contributed by atoms with Crippen molar-refractivity contribution in [1.82, 2.24) is 0 Å². The molecule has 1 aromatic carbocycles. The maximum absolute atomic E-state index is 9.42. The van der Waals surface area contributed by atoms with E-state index in [4.69, 9.17) is 25.8 Å². The van der Waals surface area contributed by atoms with Gasteiger partial charge in [-0.05, 0) is 0 Å². The van der Waals surface area contributed by atoms with Crippen LogP contribution >= 0.6 is 11.6 Å². The fraction of sp³-hybridized carbons (Fsp3) is 0.500. The Balaban J connectivity index is 2.94. The number of alkyl halides is 1. The summed E-state index contributed by atoms with van der Waals surface area (Å²) >= 11 is 5.53. The number of methoxy groups -OCH3 is 3. The number of halogens is 1. The molecule has 18 heavy (non-hydrogen) atoms. The third-order valence-electron chi connectivity index (χ3n) is 2.41. The molecule has 5 nitrogen and oxygen atoms in total. The van der Waals surface area contributed by atoms with Gasteiger partial charge in [0.15, 0.2) is 11.5 Å². The highest BCUT2D eigenvalue weighted by molar-refractivity contribution is 6.18. The average molecular weight is 276 g/mol. The second-order valence-corrected chi connectivity index (χ2v) is 3.91. The Labute approximate surface area is 112 Å². The van der Waals surface area contributed by atoms with Crippen LogP contribution in [0.5, 0.6) is 17.2 Å². The number of hydrogen-bond acceptors (Lipinski definition) is 5. The number of benzene rings is 1. The Kier molecular flexibility index (Phi) is 5.88. The topological polar surface area (TPSA) is 60.0 Å². The van der Waals surface area contributed by atoms with Crippen molar-refractivity contribution in [2.45, 2.75) is 6.10 Å². The highest BCUT2D eigenvalue weighted by Gasteiger charge is 2.12. The van der Waals surface area contributed by atoms with Crippen LogP contribution in [0.4, 0.5) is 5.69 Å². The van der Waals surface area contributed by atoms with E-state index in [2.05, 4.69) is 5.32 Å². The molecule has 0 bridgehead atoms. The van der Waals surface area contributed by atoms with Gasteiger partial charge in [0, 0.05) is 18.7 Å². The lowest BCUT2D eigenvalue weighted by Gasteiger charge is -2.16. The van der Waals surface area contributed by atoms with Crippen molar-refractivity contribution in [2.75, 3.05) is 39.1 Å². The van der Waals surface area contributed by atoms with E-state index in [1.807, 2.05) is 0 Å². The summed E-state index contributed by atoms with van der Waals surface area (Å²) in [4.78, 5) is 0. The van der Waals surface area contributed by atoms with Gasteiger partial charge in [-0.25, -0.2) is 0 Å². The Hall–Kier alpha value is -1.33. The van der Waals surface area contributed by atoms with Crippen molar-refractivity contribution in [2.24, 2.45) is 0 Å². The lowest BCUT2D eigenvalue weighted by atomic mass is 10.2. The second-order valence-electron chi connectivity index (χ2n) is 3.60. The quantitative estimate of drug-likeness (QED) is 0.742. The van der Waals surface area contributed by atoms with Gasteiger partial charge in [0.2, 0.25) is 0 Å². The van der Waals surface area contributed by atoms with Gasteiger partial charge in [-0.3, -0.25) is 0 Å². The molecule has 1 unspecified atom stereocenters. The van der Waals surface area contributed by atoms with Gasteiger partial charge in [-0.1, -0.05) is 0 Å². The summed E-state index contributed by atoms with van der Waals surface area (Å²) in [6, 6.07) is 3.47. The van der Waals surface area contributed by atoms with Gasteiger partial charge in [0.1, 0.15) is 5.75 Å². The molecule has 0 saturated heterocycles. The molecule has 0 aliphatic carbocycles. The number of aliphatic hydroxyl groups is 1. The van der Waals surface area contributed by atoms with E-state index in [-0.39, 0.29) is 5.88 Å². The molecule has 1 atom stereocenters. The smallest absolute Gasteiger partial charge is 0.164 e. The lowest BCUT2D eigenvalue weighted by molar-refractivity contribution is 0.211. The minimum Gasteiger partial charge on any atom is -0.494 e. The van der Waals surface area contributed by atoms with E-state index in [9.17, 15) is 5.11 Å². The lowest BCUT2D eigenvalue weighted by Crippen LogP contribution is -2.21. The standard InChI is InChI=1S/C12H18ClNO4/c1-16-10-5-12(18-3)11(17-2)4-9(10)14-7-8(15)6-13/h4-5,8,14-15H,6-7H2,1-3H3. The summed E-state index contributed by atoms with van der Waals surface area (Å²) in [7, 11) is 4.67. The summed E-state index contributed by atoms with van der Waals surface area (Å²) in [5.41, 5.74) is 0.708. The van der Waals surface area contributed by atoms with Crippen molar-refractivity contribution in [1.29, 1.82) is 0 Å². The Morgan fingerprint density at radius 2 is 1.67 bits per heavy atom. The summed E-state index contributed by atoms with van der Waals surface area (Å²) in [5.74, 6) is 1.94. The van der Waals surface area contributed by atoms with Gasteiger partial charge in [-0.15, -0.1) is 11.6 Å². The van der Waals surface area contributed by atoms with Crippen LogP contribution in [0.1, 0.15) is 0 Å². The molecule has 0 heterocycles. The first-order valence-corrected chi connectivity index (χ1v) is 5.97. The van der Waals surface area contributed by atoms with Gasteiger partial charge < -0.3 is 24.6 Å². The van der Waals surface area contributed by atoms with E-state index in [0.29, 0.717) is 29.5 Å².